The number of benzene rings is 2. The molecule has 4 rings (SSSR count). The first-order valence-electron chi connectivity index (χ1n) is 9.24. The third-order valence-corrected chi connectivity index (χ3v) is 4.89. The van der Waals surface area contributed by atoms with Gasteiger partial charge in [0.25, 0.3) is 0 Å². The fraction of sp³-hybridized carbons (Fsp3) is 0.130. The van der Waals surface area contributed by atoms with Gasteiger partial charge in [0.05, 0.1) is 22.6 Å². The lowest BCUT2D eigenvalue weighted by Crippen LogP contribution is -2.05. The number of aromatic nitrogens is 3. The molecule has 2 aromatic carbocycles. The van der Waals surface area contributed by atoms with Crippen LogP contribution >= 0.6 is 11.6 Å². The summed E-state index contributed by atoms with van der Waals surface area (Å²) in [6.07, 6.45) is -4.15. The molecule has 4 aromatic rings. The molecule has 30 heavy (non-hydrogen) atoms. The van der Waals surface area contributed by atoms with E-state index in [-0.39, 0.29) is 6.42 Å². The molecule has 2 aromatic heterocycles. The molecular formula is C23H17ClF3N3. The fourth-order valence-corrected chi connectivity index (χ4v) is 3.37. The smallest absolute Gasteiger partial charge is 0.340 e. The largest absolute Gasteiger partial charge is 0.416 e. The first-order chi connectivity index (χ1) is 14.3. The highest BCUT2D eigenvalue weighted by Gasteiger charge is 2.30. The van der Waals surface area contributed by atoms with Crippen molar-refractivity contribution in [3.63, 3.8) is 0 Å². The Kier molecular flexibility index (Phi) is 5.35. The number of nitrogens with one attached hydrogen (secondary N) is 1. The van der Waals surface area contributed by atoms with Gasteiger partial charge in [0, 0.05) is 22.7 Å². The minimum Gasteiger partial charge on any atom is -0.340 e. The number of imidazole rings is 1. The average molecular weight is 428 g/mol. The van der Waals surface area contributed by atoms with Gasteiger partial charge in [-0.3, -0.25) is 4.98 Å². The van der Waals surface area contributed by atoms with Crippen molar-refractivity contribution < 1.29 is 13.2 Å². The molecule has 0 saturated carbocycles. The third kappa shape index (κ3) is 4.39. The molecule has 0 spiro atoms. The van der Waals surface area contributed by atoms with Crippen molar-refractivity contribution in [2.75, 3.05) is 0 Å². The van der Waals surface area contributed by atoms with E-state index < -0.39 is 11.7 Å². The predicted octanol–water partition coefficient (Wildman–Crippen LogP) is 6.71. The lowest BCUT2D eigenvalue weighted by molar-refractivity contribution is -0.137. The van der Waals surface area contributed by atoms with E-state index in [0.717, 1.165) is 23.4 Å². The number of hydrogen-bond donors (Lipinski definition) is 1. The molecule has 0 aliphatic carbocycles. The number of halogens is 4. The van der Waals surface area contributed by atoms with Crippen LogP contribution in [-0.4, -0.2) is 15.0 Å². The SMILES string of the molecule is Cc1cccc(-c2[nH]c(Cc3cccc(C(F)(F)F)c3)nc2-c2ccc(Cl)cc2)n1. The van der Waals surface area contributed by atoms with E-state index in [9.17, 15) is 13.2 Å². The Labute approximate surface area is 176 Å². The summed E-state index contributed by atoms with van der Waals surface area (Å²) >= 11 is 6.01. The van der Waals surface area contributed by atoms with Crippen LogP contribution in [-0.2, 0) is 12.6 Å². The minimum absolute atomic E-state index is 0.232. The Morgan fingerprint density at radius 3 is 2.37 bits per heavy atom. The number of H-pyrrole nitrogens is 1. The van der Waals surface area contributed by atoms with Crippen LogP contribution in [0.25, 0.3) is 22.6 Å². The monoisotopic (exact) mass is 427 g/mol. The quantitative estimate of drug-likeness (QED) is 0.393. The molecule has 0 radical (unpaired) electrons. The maximum absolute atomic E-state index is 13.0. The van der Waals surface area contributed by atoms with E-state index in [1.54, 1.807) is 18.2 Å². The first kappa shape index (κ1) is 20.2. The van der Waals surface area contributed by atoms with Crippen LogP contribution in [0.15, 0.2) is 66.7 Å². The molecule has 0 saturated heterocycles. The third-order valence-electron chi connectivity index (χ3n) is 4.64. The van der Waals surface area contributed by atoms with E-state index in [0.29, 0.717) is 33.5 Å². The highest BCUT2D eigenvalue weighted by Crippen LogP contribution is 2.32. The van der Waals surface area contributed by atoms with E-state index in [2.05, 4.69) is 15.0 Å². The first-order valence-corrected chi connectivity index (χ1v) is 9.62. The van der Waals surface area contributed by atoms with Crippen LogP contribution in [0.2, 0.25) is 5.02 Å². The van der Waals surface area contributed by atoms with Gasteiger partial charge >= 0.3 is 6.18 Å². The van der Waals surface area contributed by atoms with E-state index in [4.69, 9.17) is 11.6 Å². The molecule has 0 fully saturated rings. The Hall–Kier alpha value is -3.12. The maximum Gasteiger partial charge on any atom is 0.416 e. The second-order valence-electron chi connectivity index (χ2n) is 6.95. The average Bonchev–Trinajstić information content (AvgIpc) is 3.12. The zero-order chi connectivity index (χ0) is 21.3. The highest BCUT2D eigenvalue weighted by molar-refractivity contribution is 6.30. The molecule has 152 valence electrons. The summed E-state index contributed by atoms with van der Waals surface area (Å²) in [6, 6.07) is 18.2. The molecule has 0 amide bonds. The van der Waals surface area contributed by atoms with Gasteiger partial charge < -0.3 is 4.98 Å². The lowest BCUT2D eigenvalue weighted by Gasteiger charge is -2.07. The molecule has 0 aliphatic rings. The van der Waals surface area contributed by atoms with Gasteiger partial charge in [-0.1, -0.05) is 48.0 Å². The van der Waals surface area contributed by atoms with Gasteiger partial charge in [-0.25, -0.2) is 4.98 Å². The Morgan fingerprint density at radius 1 is 0.933 bits per heavy atom. The van der Waals surface area contributed by atoms with Gasteiger partial charge in [0.1, 0.15) is 5.82 Å². The summed E-state index contributed by atoms with van der Waals surface area (Å²) in [4.78, 5) is 12.5. The number of hydrogen-bond acceptors (Lipinski definition) is 2. The molecule has 2 heterocycles. The molecular weight excluding hydrogens is 411 g/mol. The van der Waals surface area contributed by atoms with Crippen LogP contribution in [0.1, 0.15) is 22.6 Å². The number of aromatic amines is 1. The predicted molar refractivity (Wildman–Crippen MR) is 111 cm³/mol. The number of alkyl halides is 3. The van der Waals surface area contributed by atoms with Crippen molar-refractivity contribution >= 4 is 11.6 Å². The van der Waals surface area contributed by atoms with Gasteiger partial charge in [0.15, 0.2) is 0 Å². The number of pyridine rings is 1. The summed E-state index contributed by atoms with van der Waals surface area (Å²) in [5.74, 6) is 0.553. The molecule has 0 unspecified atom stereocenters. The Balaban J connectivity index is 1.77. The van der Waals surface area contributed by atoms with E-state index in [1.807, 2.05) is 37.3 Å². The molecule has 1 N–H and O–H groups in total. The van der Waals surface area contributed by atoms with Gasteiger partial charge in [-0.2, -0.15) is 13.2 Å². The summed E-state index contributed by atoms with van der Waals surface area (Å²) < 4.78 is 39.1. The summed E-state index contributed by atoms with van der Waals surface area (Å²) in [7, 11) is 0. The Bertz CT molecular complexity index is 1180. The highest BCUT2D eigenvalue weighted by atomic mass is 35.5. The lowest BCUT2D eigenvalue weighted by atomic mass is 10.1. The zero-order valence-corrected chi connectivity index (χ0v) is 16.7. The molecule has 3 nitrogen and oxygen atoms in total. The van der Waals surface area contributed by atoms with Crippen LogP contribution in [0.5, 0.6) is 0 Å². The second-order valence-corrected chi connectivity index (χ2v) is 7.39. The second kappa shape index (κ2) is 7.95. The molecule has 7 heteroatoms. The van der Waals surface area contributed by atoms with Crippen molar-refractivity contribution in [2.24, 2.45) is 0 Å². The van der Waals surface area contributed by atoms with Gasteiger partial charge in [-0.15, -0.1) is 0 Å². The number of aryl methyl sites for hydroxylation is 1. The van der Waals surface area contributed by atoms with Crippen LogP contribution in [0.4, 0.5) is 13.2 Å². The van der Waals surface area contributed by atoms with Gasteiger partial charge in [0.2, 0.25) is 0 Å². The van der Waals surface area contributed by atoms with Crippen LogP contribution in [0, 0.1) is 6.92 Å². The topological polar surface area (TPSA) is 41.6 Å². The minimum atomic E-state index is -4.38. The number of rotatable bonds is 4. The van der Waals surface area contributed by atoms with Crippen molar-refractivity contribution in [3.8, 4) is 22.6 Å². The Morgan fingerprint density at radius 2 is 1.67 bits per heavy atom. The van der Waals surface area contributed by atoms with E-state index in [1.165, 1.54) is 6.07 Å². The van der Waals surface area contributed by atoms with E-state index >= 15 is 0 Å². The van der Waals surface area contributed by atoms with Crippen molar-refractivity contribution in [3.05, 3.63) is 94.4 Å². The standard InChI is InChI=1S/C23H17ClF3N3/c1-14-4-2-7-19(28-14)22-21(16-8-10-18(24)11-9-16)29-20(30-22)13-15-5-3-6-17(12-15)23(25,26)27/h2-12H,13H2,1H3,(H,29,30). The van der Waals surface area contributed by atoms with Crippen LogP contribution < -0.4 is 0 Å². The fourth-order valence-electron chi connectivity index (χ4n) is 3.24. The summed E-state index contributed by atoms with van der Waals surface area (Å²) in [6.45, 7) is 1.89. The van der Waals surface area contributed by atoms with Crippen LogP contribution in [0.3, 0.4) is 0 Å². The van der Waals surface area contributed by atoms with Crippen molar-refractivity contribution in [1.29, 1.82) is 0 Å². The molecule has 0 atom stereocenters. The summed E-state index contributed by atoms with van der Waals surface area (Å²) in [5.41, 5.74) is 3.63. The summed E-state index contributed by atoms with van der Waals surface area (Å²) in [5, 5.41) is 0.605. The molecule has 0 bridgehead atoms. The normalized spacial score (nSPS) is 11.6. The van der Waals surface area contributed by atoms with Crippen molar-refractivity contribution in [2.45, 2.75) is 19.5 Å². The maximum atomic E-state index is 13.0. The van der Waals surface area contributed by atoms with Gasteiger partial charge in [-0.05, 0) is 42.8 Å². The zero-order valence-electron chi connectivity index (χ0n) is 16.0. The number of nitrogens with zero attached hydrogens (tertiary/aromatic N) is 2. The van der Waals surface area contributed by atoms with Crippen molar-refractivity contribution in [1.82, 2.24) is 15.0 Å². The molecule has 0 aliphatic heterocycles.